The number of anilines is 1. The van der Waals surface area contributed by atoms with Crippen molar-refractivity contribution in [1.82, 2.24) is 14.8 Å². The van der Waals surface area contributed by atoms with Gasteiger partial charge in [0.25, 0.3) is 0 Å². The quantitative estimate of drug-likeness (QED) is 0.768. The number of rotatable bonds is 6. The van der Waals surface area contributed by atoms with Crippen LogP contribution in [0, 0.1) is 13.8 Å². The van der Waals surface area contributed by atoms with E-state index in [4.69, 9.17) is 4.74 Å². The predicted octanol–water partition coefficient (Wildman–Crippen LogP) is 2.10. The molecular weight excluding hydrogens is 340 g/mol. The molecule has 1 aliphatic heterocycles. The van der Waals surface area contributed by atoms with Gasteiger partial charge in [0.1, 0.15) is 0 Å². The van der Waals surface area contributed by atoms with Crippen LogP contribution in [0.15, 0.2) is 28.2 Å². The second-order valence-electron chi connectivity index (χ2n) is 6.21. The van der Waals surface area contributed by atoms with Crippen LogP contribution < -0.4 is 11.0 Å². The summed E-state index contributed by atoms with van der Waals surface area (Å²) >= 11 is 1.24. The van der Waals surface area contributed by atoms with Crippen LogP contribution in [0.5, 0.6) is 0 Å². The Morgan fingerprint density at radius 1 is 1.48 bits per heavy atom. The third-order valence-electron chi connectivity index (χ3n) is 4.13. The van der Waals surface area contributed by atoms with Crippen molar-refractivity contribution in [2.45, 2.75) is 44.5 Å². The molecular formula is C17H22N4O3S. The van der Waals surface area contributed by atoms with E-state index < -0.39 is 0 Å². The third-order valence-corrected chi connectivity index (χ3v) is 5.11. The molecule has 7 nitrogen and oxygen atoms in total. The van der Waals surface area contributed by atoms with Crippen molar-refractivity contribution in [2.24, 2.45) is 0 Å². The van der Waals surface area contributed by atoms with Crippen LogP contribution >= 0.6 is 11.8 Å². The van der Waals surface area contributed by atoms with Crippen molar-refractivity contribution in [3.05, 3.63) is 39.8 Å². The van der Waals surface area contributed by atoms with Crippen LogP contribution in [0.2, 0.25) is 0 Å². The number of hydrogen-bond donors (Lipinski definition) is 2. The molecule has 1 atom stereocenters. The second kappa shape index (κ2) is 7.88. The first-order valence-corrected chi connectivity index (χ1v) is 9.28. The van der Waals surface area contributed by atoms with Crippen molar-refractivity contribution >= 4 is 23.4 Å². The number of nitrogens with zero attached hydrogens (tertiary/aromatic N) is 2. The average Bonchev–Trinajstić information content (AvgIpc) is 3.21. The van der Waals surface area contributed by atoms with Gasteiger partial charge < -0.3 is 10.1 Å². The first kappa shape index (κ1) is 17.8. The lowest BCUT2D eigenvalue weighted by molar-refractivity contribution is -0.113. The Hall–Kier alpha value is -2.06. The Bertz CT molecular complexity index is 808. The fourth-order valence-corrected chi connectivity index (χ4v) is 3.51. The van der Waals surface area contributed by atoms with Gasteiger partial charge in [0.15, 0.2) is 5.16 Å². The molecule has 1 saturated heterocycles. The molecule has 0 radical (unpaired) electrons. The molecule has 25 heavy (non-hydrogen) atoms. The summed E-state index contributed by atoms with van der Waals surface area (Å²) in [6.45, 7) is 5.14. The maximum atomic E-state index is 12.2. The molecule has 8 heteroatoms. The summed E-state index contributed by atoms with van der Waals surface area (Å²) in [7, 11) is 0. The molecule has 1 aliphatic rings. The number of thioether (sulfide) groups is 1. The smallest absolute Gasteiger partial charge is 0.344 e. The number of aromatic nitrogens is 3. The Morgan fingerprint density at radius 3 is 3.08 bits per heavy atom. The van der Waals surface area contributed by atoms with Crippen LogP contribution in [0.3, 0.4) is 0 Å². The zero-order valence-corrected chi connectivity index (χ0v) is 15.2. The molecule has 0 spiro atoms. The number of carbonyl (C=O) groups excluding carboxylic acids is 1. The van der Waals surface area contributed by atoms with Gasteiger partial charge in [-0.25, -0.2) is 9.89 Å². The number of H-pyrrole nitrogens is 1. The van der Waals surface area contributed by atoms with Gasteiger partial charge in [0, 0.05) is 12.3 Å². The fraction of sp³-hybridized carbons (Fsp3) is 0.471. The summed E-state index contributed by atoms with van der Waals surface area (Å²) in [5.41, 5.74) is 2.64. The molecule has 2 heterocycles. The molecule has 3 rings (SSSR count). The largest absolute Gasteiger partial charge is 0.376 e. The number of ether oxygens (including phenoxy) is 1. The van der Waals surface area contributed by atoms with Gasteiger partial charge in [-0.1, -0.05) is 23.9 Å². The van der Waals surface area contributed by atoms with Crippen LogP contribution in [0.1, 0.15) is 24.0 Å². The van der Waals surface area contributed by atoms with E-state index in [0.29, 0.717) is 11.7 Å². The van der Waals surface area contributed by atoms with Gasteiger partial charge in [0.2, 0.25) is 5.91 Å². The van der Waals surface area contributed by atoms with Crippen LogP contribution in [-0.4, -0.2) is 39.1 Å². The highest BCUT2D eigenvalue weighted by Gasteiger charge is 2.20. The number of amides is 1. The minimum absolute atomic E-state index is 0.0402. The van der Waals surface area contributed by atoms with Crippen molar-refractivity contribution < 1.29 is 9.53 Å². The highest BCUT2D eigenvalue weighted by molar-refractivity contribution is 7.99. The lowest BCUT2D eigenvalue weighted by Crippen LogP contribution is -2.25. The van der Waals surface area contributed by atoms with Gasteiger partial charge in [-0.2, -0.15) is 0 Å². The minimum atomic E-state index is -0.270. The van der Waals surface area contributed by atoms with Gasteiger partial charge >= 0.3 is 5.69 Å². The number of aryl methyl sites for hydroxylation is 2. The van der Waals surface area contributed by atoms with Crippen LogP contribution in [-0.2, 0) is 16.1 Å². The maximum Gasteiger partial charge on any atom is 0.344 e. The number of nitrogens with one attached hydrogen (secondary N) is 2. The van der Waals surface area contributed by atoms with E-state index in [1.54, 1.807) is 4.57 Å². The van der Waals surface area contributed by atoms with Crippen molar-refractivity contribution in [3.63, 3.8) is 0 Å². The SMILES string of the molecule is Cc1ccc(C)c(NC(=O)CSc2n[nH]c(=O)n2C[C@@H]2CCCO2)c1. The number of hydrogen-bond acceptors (Lipinski definition) is 5. The first-order valence-electron chi connectivity index (χ1n) is 8.29. The molecule has 0 aliphatic carbocycles. The highest BCUT2D eigenvalue weighted by Crippen LogP contribution is 2.20. The molecule has 2 N–H and O–H groups in total. The summed E-state index contributed by atoms with van der Waals surface area (Å²) in [5, 5.41) is 9.89. The van der Waals surface area contributed by atoms with E-state index in [0.717, 1.165) is 36.3 Å². The maximum absolute atomic E-state index is 12.2. The summed E-state index contributed by atoms with van der Waals surface area (Å²) in [4.78, 5) is 24.2. The van der Waals surface area contributed by atoms with E-state index in [-0.39, 0.29) is 23.5 Å². The van der Waals surface area contributed by atoms with Crippen molar-refractivity contribution in [1.29, 1.82) is 0 Å². The number of carbonyl (C=O) groups is 1. The molecule has 134 valence electrons. The molecule has 1 fully saturated rings. The van der Waals surface area contributed by atoms with Crippen molar-refractivity contribution in [2.75, 3.05) is 17.7 Å². The topological polar surface area (TPSA) is 89.0 Å². The van der Waals surface area contributed by atoms with Crippen LogP contribution in [0.25, 0.3) is 0 Å². The predicted molar refractivity (Wildman–Crippen MR) is 97.1 cm³/mol. The minimum Gasteiger partial charge on any atom is -0.376 e. The van der Waals surface area contributed by atoms with Gasteiger partial charge in [0.05, 0.1) is 18.4 Å². The monoisotopic (exact) mass is 362 g/mol. The van der Waals surface area contributed by atoms with E-state index in [1.807, 2.05) is 32.0 Å². The number of benzene rings is 1. The molecule has 1 aromatic heterocycles. The van der Waals surface area contributed by atoms with E-state index in [2.05, 4.69) is 15.5 Å². The molecule has 0 bridgehead atoms. The normalized spacial score (nSPS) is 17.0. The van der Waals surface area contributed by atoms with Gasteiger partial charge in [-0.3, -0.25) is 9.36 Å². The highest BCUT2D eigenvalue weighted by atomic mass is 32.2. The Kier molecular flexibility index (Phi) is 5.60. The van der Waals surface area contributed by atoms with E-state index >= 15 is 0 Å². The van der Waals surface area contributed by atoms with Crippen LogP contribution in [0.4, 0.5) is 5.69 Å². The average molecular weight is 362 g/mol. The van der Waals surface area contributed by atoms with E-state index in [1.165, 1.54) is 11.8 Å². The molecule has 2 aromatic rings. The lowest BCUT2D eigenvalue weighted by atomic mass is 10.1. The lowest BCUT2D eigenvalue weighted by Gasteiger charge is -2.11. The first-order chi connectivity index (χ1) is 12.0. The second-order valence-corrected chi connectivity index (χ2v) is 7.15. The van der Waals surface area contributed by atoms with E-state index in [9.17, 15) is 9.59 Å². The zero-order valence-electron chi connectivity index (χ0n) is 14.4. The Morgan fingerprint density at radius 2 is 2.32 bits per heavy atom. The standard InChI is InChI=1S/C17H22N4O3S/c1-11-5-6-12(2)14(8-11)18-15(22)10-25-17-20-19-16(23)21(17)9-13-4-3-7-24-13/h5-6,8,13H,3-4,7,9-10H2,1-2H3,(H,18,22)(H,19,23)/t13-/m0/s1. The molecule has 0 saturated carbocycles. The molecule has 1 amide bonds. The summed E-state index contributed by atoms with van der Waals surface area (Å²) in [5.74, 6) is 0.0567. The summed E-state index contributed by atoms with van der Waals surface area (Å²) < 4.78 is 7.12. The molecule has 0 unspecified atom stereocenters. The molecule has 1 aromatic carbocycles. The summed E-state index contributed by atoms with van der Waals surface area (Å²) in [6, 6.07) is 5.93. The zero-order chi connectivity index (χ0) is 17.8. The van der Waals surface area contributed by atoms with Gasteiger partial charge in [-0.15, -0.1) is 5.10 Å². The van der Waals surface area contributed by atoms with Crippen molar-refractivity contribution in [3.8, 4) is 0 Å². The third kappa shape index (κ3) is 4.52. The Labute approximate surface area is 150 Å². The summed E-state index contributed by atoms with van der Waals surface area (Å²) in [6.07, 6.45) is 1.99. The fourth-order valence-electron chi connectivity index (χ4n) is 2.75. The van der Waals surface area contributed by atoms with Gasteiger partial charge in [-0.05, 0) is 43.9 Å². The Balaban J connectivity index is 1.60. The number of aromatic amines is 1.